The minimum absolute atomic E-state index is 0.0509. The number of benzene rings is 2. The van der Waals surface area contributed by atoms with Crippen LogP contribution in [0.5, 0.6) is 5.75 Å². The van der Waals surface area contributed by atoms with Crippen molar-refractivity contribution in [1.82, 2.24) is 5.32 Å². The van der Waals surface area contributed by atoms with Gasteiger partial charge in [-0.05, 0) is 35.6 Å². The van der Waals surface area contributed by atoms with Crippen LogP contribution in [0.15, 0.2) is 42.5 Å². The molecular weight excluding hydrogens is 354 g/mol. The van der Waals surface area contributed by atoms with Gasteiger partial charge in [0.2, 0.25) is 5.91 Å². The lowest BCUT2D eigenvalue weighted by Gasteiger charge is -2.22. The molecule has 0 aromatic heterocycles. The fourth-order valence-corrected chi connectivity index (χ4v) is 2.97. The molecule has 0 aliphatic heterocycles. The molecule has 0 saturated heterocycles. The Kier molecular flexibility index (Phi) is 6.67. The molecule has 150 valence electrons. The molecule has 0 saturated carbocycles. The van der Waals surface area contributed by atoms with Gasteiger partial charge >= 0.3 is 6.03 Å². The molecule has 2 rings (SSSR count). The molecule has 0 bridgehead atoms. The van der Waals surface area contributed by atoms with Crippen molar-refractivity contribution < 1.29 is 14.3 Å². The quantitative estimate of drug-likeness (QED) is 0.703. The van der Waals surface area contributed by atoms with Gasteiger partial charge < -0.3 is 21.1 Å². The summed E-state index contributed by atoms with van der Waals surface area (Å²) >= 11 is 0. The zero-order chi connectivity index (χ0) is 20.9. The Morgan fingerprint density at radius 1 is 1.14 bits per heavy atom. The number of methoxy groups -OCH3 is 1. The van der Waals surface area contributed by atoms with Crippen molar-refractivity contribution in [3.05, 3.63) is 59.2 Å². The zero-order valence-corrected chi connectivity index (χ0v) is 17.1. The molecule has 6 heteroatoms. The highest BCUT2D eigenvalue weighted by Gasteiger charge is 2.20. The van der Waals surface area contributed by atoms with Crippen molar-refractivity contribution in [1.29, 1.82) is 0 Å². The number of urea groups is 1. The van der Waals surface area contributed by atoms with Crippen LogP contribution in [0.25, 0.3) is 0 Å². The van der Waals surface area contributed by atoms with E-state index in [-0.39, 0.29) is 17.7 Å². The molecular formula is C22H29N3O3. The Morgan fingerprint density at radius 2 is 1.86 bits per heavy atom. The first-order valence-corrected chi connectivity index (χ1v) is 9.21. The minimum atomic E-state index is -0.674. The minimum Gasteiger partial charge on any atom is -0.495 e. The van der Waals surface area contributed by atoms with Crippen LogP contribution in [-0.4, -0.2) is 19.0 Å². The Balaban J connectivity index is 2.24. The Bertz CT molecular complexity index is 856. The number of rotatable bonds is 6. The van der Waals surface area contributed by atoms with Gasteiger partial charge in [0.25, 0.3) is 0 Å². The number of hydrogen-bond donors (Lipinski definition) is 3. The van der Waals surface area contributed by atoms with Gasteiger partial charge in [-0.1, -0.05) is 56.7 Å². The van der Waals surface area contributed by atoms with E-state index in [1.807, 2.05) is 49.4 Å². The number of carbonyl (C=O) groups excluding carboxylic acids is 2. The topological polar surface area (TPSA) is 93.4 Å². The summed E-state index contributed by atoms with van der Waals surface area (Å²) in [6.45, 7) is 8.26. The number of nitrogens with one attached hydrogen (secondary N) is 2. The fraction of sp³-hybridized carbons (Fsp3) is 0.364. The van der Waals surface area contributed by atoms with E-state index in [9.17, 15) is 9.59 Å². The highest BCUT2D eigenvalue weighted by Crippen LogP contribution is 2.32. The van der Waals surface area contributed by atoms with Crippen LogP contribution in [-0.2, 0) is 10.2 Å². The van der Waals surface area contributed by atoms with Gasteiger partial charge in [-0.2, -0.15) is 0 Å². The van der Waals surface area contributed by atoms with E-state index in [1.165, 1.54) is 0 Å². The first-order chi connectivity index (χ1) is 13.1. The van der Waals surface area contributed by atoms with Crippen LogP contribution < -0.4 is 21.1 Å². The Morgan fingerprint density at radius 3 is 2.43 bits per heavy atom. The maximum Gasteiger partial charge on any atom is 0.312 e. The lowest BCUT2D eigenvalue weighted by molar-refractivity contribution is -0.116. The van der Waals surface area contributed by atoms with Gasteiger partial charge in [-0.3, -0.25) is 4.79 Å². The van der Waals surface area contributed by atoms with Gasteiger partial charge in [-0.25, -0.2) is 4.79 Å². The van der Waals surface area contributed by atoms with Gasteiger partial charge in [0.1, 0.15) is 5.75 Å². The third-order valence-electron chi connectivity index (χ3n) is 4.49. The number of amides is 3. The third kappa shape index (κ3) is 5.74. The van der Waals surface area contributed by atoms with E-state index >= 15 is 0 Å². The summed E-state index contributed by atoms with van der Waals surface area (Å²) in [7, 11) is 1.56. The van der Waals surface area contributed by atoms with E-state index in [0.29, 0.717) is 11.4 Å². The molecule has 0 heterocycles. The second kappa shape index (κ2) is 8.78. The predicted octanol–water partition coefficient (Wildman–Crippen LogP) is 4.04. The molecule has 3 amide bonds. The van der Waals surface area contributed by atoms with Crippen molar-refractivity contribution in [2.75, 3.05) is 12.4 Å². The second-order valence-electron chi connectivity index (χ2n) is 7.89. The average molecular weight is 383 g/mol. The number of hydrogen-bond acceptors (Lipinski definition) is 3. The van der Waals surface area contributed by atoms with Crippen molar-refractivity contribution in [3.63, 3.8) is 0 Å². The van der Waals surface area contributed by atoms with Crippen molar-refractivity contribution in [2.24, 2.45) is 5.73 Å². The highest BCUT2D eigenvalue weighted by molar-refractivity contribution is 5.93. The van der Waals surface area contributed by atoms with Crippen molar-refractivity contribution in [2.45, 2.75) is 45.6 Å². The number of aryl methyl sites for hydroxylation is 1. The van der Waals surface area contributed by atoms with Crippen LogP contribution in [0.2, 0.25) is 0 Å². The maximum atomic E-state index is 12.7. The molecule has 4 N–H and O–H groups in total. The number of ether oxygens (including phenoxy) is 1. The molecule has 0 spiro atoms. The Labute approximate surface area is 166 Å². The second-order valence-corrected chi connectivity index (χ2v) is 7.89. The number of nitrogens with two attached hydrogens (primary N) is 1. The van der Waals surface area contributed by atoms with Gasteiger partial charge in [-0.15, -0.1) is 0 Å². The van der Waals surface area contributed by atoms with E-state index in [1.54, 1.807) is 7.11 Å². The predicted molar refractivity (Wildman–Crippen MR) is 112 cm³/mol. The summed E-state index contributed by atoms with van der Waals surface area (Å²) in [6.07, 6.45) is 0.0509. The first-order valence-electron chi connectivity index (χ1n) is 9.21. The van der Waals surface area contributed by atoms with Crippen LogP contribution in [0, 0.1) is 6.92 Å². The van der Waals surface area contributed by atoms with Crippen LogP contribution in [0.4, 0.5) is 10.5 Å². The molecule has 6 nitrogen and oxygen atoms in total. The largest absolute Gasteiger partial charge is 0.495 e. The summed E-state index contributed by atoms with van der Waals surface area (Å²) in [5, 5.41) is 5.56. The molecule has 0 unspecified atom stereocenters. The summed E-state index contributed by atoms with van der Waals surface area (Å²) in [4.78, 5) is 24.2. The smallest absolute Gasteiger partial charge is 0.312 e. The van der Waals surface area contributed by atoms with Crippen LogP contribution >= 0.6 is 0 Å². The standard InChI is InChI=1S/C22H29N3O3/c1-14-7-6-8-15(11-14)17(25-21(23)27)13-20(26)24-18-12-16(22(2,3)4)9-10-19(18)28-5/h6-12,17H,13H2,1-5H3,(H,24,26)(H3,23,25,27)/t17-/m1/s1. The van der Waals surface area contributed by atoms with E-state index < -0.39 is 12.1 Å². The molecule has 0 radical (unpaired) electrons. The van der Waals surface area contributed by atoms with E-state index in [0.717, 1.165) is 16.7 Å². The third-order valence-corrected chi connectivity index (χ3v) is 4.49. The van der Waals surface area contributed by atoms with Crippen LogP contribution in [0.1, 0.15) is 49.9 Å². The molecule has 1 atom stereocenters. The number of anilines is 1. The lowest BCUT2D eigenvalue weighted by atomic mass is 9.87. The van der Waals surface area contributed by atoms with E-state index in [4.69, 9.17) is 10.5 Å². The summed E-state index contributed by atoms with van der Waals surface area (Å²) in [6, 6.07) is 12.2. The molecule has 0 aliphatic rings. The first kappa shape index (κ1) is 21.3. The average Bonchev–Trinajstić information content (AvgIpc) is 2.60. The summed E-state index contributed by atoms with van der Waals surface area (Å²) in [5.41, 5.74) is 8.78. The molecule has 0 aliphatic carbocycles. The Hall–Kier alpha value is -3.02. The molecule has 28 heavy (non-hydrogen) atoms. The van der Waals surface area contributed by atoms with E-state index in [2.05, 4.69) is 31.4 Å². The summed E-state index contributed by atoms with van der Waals surface area (Å²) in [5.74, 6) is 0.334. The SMILES string of the molecule is COc1ccc(C(C)(C)C)cc1NC(=O)C[C@@H](NC(N)=O)c1cccc(C)c1. The highest BCUT2D eigenvalue weighted by atomic mass is 16.5. The van der Waals surface area contributed by atoms with Gasteiger partial charge in [0.15, 0.2) is 0 Å². The number of carbonyl (C=O) groups is 2. The molecule has 2 aromatic carbocycles. The van der Waals surface area contributed by atoms with Crippen LogP contribution in [0.3, 0.4) is 0 Å². The van der Waals surface area contributed by atoms with Gasteiger partial charge in [0, 0.05) is 0 Å². The van der Waals surface area contributed by atoms with Gasteiger partial charge in [0.05, 0.1) is 25.3 Å². The zero-order valence-electron chi connectivity index (χ0n) is 17.1. The summed E-state index contributed by atoms with van der Waals surface area (Å²) < 4.78 is 5.38. The normalized spacial score (nSPS) is 12.2. The maximum absolute atomic E-state index is 12.7. The molecule has 2 aromatic rings. The monoisotopic (exact) mass is 383 g/mol. The fourth-order valence-electron chi connectivity index (χ4n) is 2.97. The number of primary amides is 1. The van der Waals surface area contributed by atoms with Crippen molar-refractivity contribution >= 4 is 17.6 Å². The van der Waals surface area contributed by atoms with Crippen molar-refractivity contribution in [3.8, 4) is 5.75 Å². The lowest BCUT2D eigenvalue weighted by Crippen LogP contribution is -2.35. The molecule has 0 fully saturated rings.